The molecule has 7 nitrogen and oxygen atoms in total. The lowest BCUT2D eigenvalue weighted by atomic mass is 9.98. The van der Waals surface area contributed by atoms with Crippen molar-refractivity contribution in [3.63, 3.8) is 0 Å². The third kappa shape index (κ3) is 2.69. The van der Waals surface area contributed by atoms with Gasteiger partial charge in [0, 0.05) is 23.2 Å². The van der Waals surface area contributed by atoms with Crippen molar-refractivity contribution in [2.45, 2.75) is 57.9 Å². The molecular formula is C21H24N6O. The average molecular weight is 376 g/mol. The van der Waals surface area contributed by atoms with Gasteiger partial charge in [-0.1, -0.05) is 30.1 Å². The Morgan fingerprint density at radius 3 is 2.71 bits per heavy atom. The Kier molecular flexibility index (Phi) is 3.94. The summed E-state index contributed by atoms with van der Waals surface area (Å²) in [7, 11) is 0. The summed E-state index contributed by atoms with van der Waals surface area (Å²) in [5.41, 5.74) is 11.2. The molecule has 1 aliphatic carbocycles. The number of hydrogen-bond acceptors (Lipinski definition) is 6. The molecule has 1 aliphatic rings. The standard InChI is InChI=1S/C21H24N6O/c1-13-15(9-10-18-24-20(26-28-18)21(22)11-5-6-12-21)14(2)27-19(23-13)16-7-3-4-8-17(16)25-27/h3-4,7-8H,5-6,9-12,22H2,1-2H3. The van der Waals surface area contributed by atoms with E-state index in [4.69, 9.17) is 20.3 Å². The highest BCUT2D eigenvalue weighted by Gasteiger charge is 2.35. The number of nitrogens with zero attached hydrogens (tertiary/aromatic N) is 5. The Morgan fingerprint density at radius 1 is 1.11 bits per heavy atom. The lowest BCUT2D eigenvalue weighted by Gasteiger charge is -2.17. The Labute approximate surface area is 162 Å². The summed E-state index contributed by atoms with van der Waals surface area (Å²) in [5, 5.41) is 9.96. The molecule has 0 atom stereocenters. The van der Waals surface area contributed by atoms with Crippen molar-refractivity contribution in [1.29, 1.82) is 0 Å². The first-order valence-corrected chi connectivity index (χ1v) is 9.91. The third-order valence-electron chi connectivity index (χ3n) is 6.02. The Balaban J connectivity index is 1.44. The Bertz CT molecular complexity index is 1170. The minimum absolute atomic E-state index is 0.413. The Hall–Kier alpha value is -2.80. The van der Waals surface area contributed by atoms with Crippen LogP contribution in [0.3, 0.4) is 0 Å². The minimum atomic E-state index is -0.413. The highest BCUT2D eigenvalue weighted by Crippen LogP contribution is 2.34. The number of nitrogens with two attached hydrogens (primary N) is 1. The van der Waals surface area contributed by atoms with Gasteiger partial charge >= 0.3 is 0 Å². The molecule has 0 aliphatic heterocycles. The molecule has 1 aromatic carbocycles. The summed E-state index contributed by atoms with van der Waals surface area (Å²) in [6.45, 7) is 4.15. The van der Waals surface area contributed by atoms with Crippen LogP contribution in [-0.4, -0.2) is 24.7 Å². The molecule has 1 fully saturated rings. The number of aryl methyl sites for hydroxylation is 3. The van der Waals surface area contributed by atoms with Gasteiger partial charge < -0.3 is 10.3 Å². The second-order valence-corrected chi connectivity index (χ2v) is 7.89. The number of benzene rings is 1. The second kappa shape index (κ2) is 6.38. The monoisotopic (exact) mass is 376 g/mol. The van der Waals surface area contributed by atoms with E-state index >= 15 is 0 Å². The van der Waals surface area contributed by atoms with Gasteiger partial charge in [0.05, 0.1) is 11.1 Å². The van der Waals surface area contributed by atoms with Gasteiger partial charge in [0.1, 0.15) is 0 Å². The predicted molar refractivity (Wildman–Crippen MR) is 106 cm³/mol. The van der Waals surface area contributed by atoms with E-state index in [1.807, 2.05) is 22.7 Å². The molecule has 3 aromatic heterocycles. The maximum absolute atomic E-state index is 6.44. The first-order valence-electron chi connectivity index (χ1n) is 9.91. The fourth-order valence-electron chi connectivity index (χ4n) is 4.36. The number of aromatic nitrogens is 5. The summed E-state index contributed by atoms with van der Waals surface area (Å²) in [6, 6.07) is 8.10. The van der Waals surface area contributed by atoms with Crippen LogP contribution in [0.1, 0.15) is 54.3 Å². The summed E-state index contributed by atoms with van der Waals surface area (Å²) in [4.78, 5) is 9.42. The SMILES string of the molecule is Cc1nc2c3ccccc3nn2c(C)c1CCc1nc(C2(N)CCCC2)no1. The molecule has 2 N–H and O–H groups in total. The minimum Gasteiger partial charge on any atom is -0.339 e. The van der Waals surface area contributed by atoms with E-state index in [2.05, 4.69) is 30.1 Å². The maximum atomic E-state index is 6.44. The van der Waals surface area contributed by atoms with Crippen LogP contribution in [0.5, 0.6) is 0 Å². The van der Waals surface area contributed by atoms with Crippen molar-refractivity contribution >= 4 is 16.6 Å². The molecule has 1 saturated carbocycles. The lowest BCUT2D eigenvalue weighted by molar-refractivity contribution is 0.348. The number of hydrogen-bond donors (Lipinski definition) is 1. The molecule has 28 heavy (non-hydrogen) atoms. The second-order valence-electron chi connectivity index (χ2n) is 7.89. The zero-order valence-corrected chi connectivity index (χ0v) is 16.3. The van der Waals surface area contributed by atoms with Gasteiger partial charge in [-0.2, -0.15) is 10.1 Å². The van der Waals surface area contributed by atoms with E-state index in [-0.39, 0.29) is 0 Å². The van der Waals surface area contributed by atoms with Crippen molar-refractivity contribution in [3.8, 4) is 0 Å². The fraction of sp³-hybridized carbons (Fsp3) is 0.429. The predicted octanol–water partition coefficient (Wildman–Crippen LogP) is 3.40. The van der Waals surface area contributed by atoms with Gasteiger partial charge in [0.15, 0.2) is 11.5 Å². The smallest absolute Gasteiger partial charge is 0.227 e. The van der Waals surface area contributed by atoms with E-state index in [0.29, 0.717) is 18.1 Å². The maximum Gasteiger partial charge on any atom is 0.227 e. The summed E-state index contributed by atoms with van der Waals surface area (Å²) >= 11 is 0. The van der Waals surface area contributed by atoms with Crippen LogP contribution in [0.4, 0.5) is 0 Å². The van der Waals surface area contributed by atoms with Crippen LogP contribution in [0.2, 0.25) is 0 Å². The van der Waals surface area contributed by atoms with E-state index in [9.17, 15) is 0 Å². The first kappa shape index (κ1) is 17.3. The molecule has 0 radical (unpaired) electrons. The molecule has 0 saturated heterocycles. The molecular weight excluding hydrogens is 352 g/mol. The zero-order chi connectivity index (χ0) is 19.3. The van der Waals surface area contributed by atoms with Crippen molar-refractivity contribution in [2.24, 2.45) is 5.73 Å². The first-order chi connectivity index (χ1) is 13.5. The highest BCUT2D eigenvalue weighted by atomic mass is 16.5. The van der Waals surface area contributed by atoms with Crippen LogP contribution >= 0.6 is 0 Å². The van der Waals surface area contributed by atoms with Crippen LogP contribution < -0.4 is 5.73 Å². The molecule has 0 spiro atoms. The summed E-state index contributed by atoms with van der Waals surface area (Å²) < 4.78 is 7.44. The molecule has 3 heterocycles. The van der Waals surface area contributed by atoms with E-state index in [1.54, 1.807) is 0 Å². The van der Waals surface area contributed by atoms with Gasteiger partial charge in [-0.3, -0.25) is 0 Å². The zero-order valence-electron chi connectivity index (χ0n) is 16.3. The van der Waals surface area contributed by atoms with Crippen molar-refractivity contribution in [2.75, 3.05) is 0 Å². The summed E-state index contributed by atoms with van der Waals surface area (Å²) in [6.07, 6.45) is 5.55. The normalized spacial score (nSPS) is 16.4. The van der Waals surface area contributed by atoms with Crippen molar-refractivity contribution < 1.29 is 4.52 Å². The highest BCUT2D eigenvalue weighted by molar-refractivity contribution is 5.92. The van der Waals surface area contributed by atoms with Crippen LogP contribution in [0, 0.1) is 13.8 Å². The van der Waals surface area contributed by atoms with E-state index < -0.39 is 5.54 Å². The lowest BCUT2D eigenvalue weighted by Crippen LogP contribution is -2.34. The average Bonchev–Trinajstić information content (AvgIpc) is 3.41. The third-order valence-corrected chi connectivity index (χ3v) is 6.02. The van der Waals surface area contributed by atoms with Gasteiger partial charge in [-0.25, -0.2) is 9.50 Å². The quantitative estimate of drug-likeness (QED) is 0.586. The molecule has 144 valence electrons. The van der Waals surface area contributed by atoms with E-state index in [1.165, 1.54) is 5.56 Å². The van der Waals surface area contributed by atoms with Crippen molar-refractivity contribution in [1.82, 2.24) is 24.7 Å². The topological polar surface area (TPSA) is 95.1 Å². The number of fused-ring (bicyclic) bond motifs is 3. The van der Waals surface area contributed by atoms with Crippen LogP contribution in [0.15, 0.2) is 28.8 Å². The molecule has 0 bridgehead atoms. The summed E-state index contributed by atoms with van der Waals surface area (Å²) in [5.74, 6) is 1.29. The molecule has 5 rings (SSSR count). The molecule has 4 aromatic rings. The molecule has 0 amide bonds. The fourth-order valence-corrected chi connectivity index (χ4v) is 4.36. The Morgan fingerprint density at radius 2 is 1.89 bits per heavy atom. The largest absolute Gasteiger partial charge is 0.339 e. The van der Waals surface area contributed by atoms with E-state index in [0.717, 1.165) is 60.0 Å². The van der Waals surface area contributed by atoms with Gasteiger partial charge in [-0.05, 0) is 50.8 Å². The van der Waals surface area contributed by atoms with Crippen molar-refractivity contribution in [3.05, 3.63) is 52.9 Å². The number of rotatable bonds is 4. The molecule has 7 heteroatoms. The van der Waals surface area contributed by atoms with Gasteiger partial charge in [0.2, 0.25) is 5.89 Å². The molecule has 0 unspecified atom stereocenters. The van der Waals surface area contributed by atoms with Crippen LogP contribution in [0.25, 0.3) is 16.6 Å². The van der Waals surface area contributed by atoms with Gasteiger partial charge in [0.25, 0.3) is 0 Å². The van der Waals surface area contributed by atoms with Gasteiger partial charge in [-0.15, -0.1) is 0 Å². The van der Waals surface area contributed by atoms with Crippen LogP contribution in [-0.2, 0) is 18.4 Å².